The molecule has 2 aromatic rings. The Labute approximate surface area is 178 Å². The maximum atomic E-state index is 12.3. The van der Waals surface area contributed by atoms with Crippen LogP contribution in [0.25, 0.3) is 0 Å². The molecule has 0 spiro atoms. The number of rotatable bonds is 8. The maximum absolute atomic E-state index is 12.3. The van der Waals surface area contributed by atoms with Gasteiger partial charge in [0, 0.05) is 58.2 Å². The lowest BCUT2D eigenvalue weighted by Gasteiger charge is -2.34. The molecule has 0 radical (unpaired) electrons. The minimum Gasteiger partial charge on any atom is -0.491 e. The van der Waals surface area contributed by atoms with E-state index in [1.54, 1.807) is 0 Å². The van der Waals surface area contributed by atoms with Gasteiger partial charge >= 0.3 is 0 Å². The van der Waals surface area contributed by atoms with Gasteiger partial charge < -0.3 is 15.0 Å². The molecule has 2 aromatic carbocycles. The Bertz CT molecular complexity index is 790. The Hall–Kier alpha value is -2.28. The van der Waals surface area contributed by atoms with Crippen molar-refractivity contribution in [2.75, 3.05) is 70.2 Å². The van der Waals surface area contributed by atoms with Crippen LogP contribution < -0.4 is 15.0 Å². The van der Waals surface area contributed by atoms with Crippen LogP contribution in [0, 0.1) is 0 Å². The number of carbonyl (C=O) groups is 1. The first-order valence-corrected chi connectivity index (χ1v) is 10.3. The summed E-state index contributed by atoms with van der Waals surface area (Å²) in [5, 5.41) is 3.62. The summed E-state index contributed by atoms with van der Waals surface area (Å²) in [5.41, 5.74) is 1.94. The summed E-state index contributed by atoms with van der Waals surface area (Å²) in [7, 11) is 3.99. The molecule has 1 aliphatic heterocycles. The van der Waals surface area contributed by atoms with Crippen LogP contribution in [-0.4, -0.2) is 75.7 Å². The fourth-order valence-corrected chi connectivity index (χ4v) is 3.45. The Morgan fingerprint density at radius 1 is 1.03 bits per heavy atom. The van der Waals surface area contributed by atoms with Crippen LogP contribution >= 0.6 is 11.6 Å². The van der Waals surface area contributed by atoms with Gasteiger partial charge in [0.05, 0.1) is 11.6 Å². The molecule has 1 aliphatic rings. The fraction of sp³-hybridized carbons (Fsp3) is 0.409. The third-order valence-electron chi connectivity index (χ3n) is 5.00. The first-order chi connectivity index (χ1) is 14.0. The smallest absolute Gasteiger partial charge is 0.238 e. The van der Waals surface area contributed by atoms with Crippen LogP contribution in [0.4, 0.5) is 11.4 Å². The molecule has 156 valence electrons. The zero-order valence-electron chi connectivity index (χ0n) is 17.1. The molecule has 1 saturated heterocycles. The second-order valence-electron chi connectivity index (χ2n) is 7.39. The van der Waals surface area contributed by atoms with Gasteiger partial charge in [-0.2, -0.15) is 0 Å². The van der Waals surface area contributed by atoms with Gasteiger partial charge in [-0.1, -0.05) is 23.7 Å². The quantitative estimate of drug-likeness (QED) is 0.716. The molecule has 0 atom stereocenters. The largest absolute Gasteiger partial charge is 0.491 e. The van der Waals surface area contributed by atoms with Gasteiger partial charge in [-0.05, 0) is 36.4 Å². The third kappa shape index (κ3) is 6.63. The van der Waals surface area contributed by atoms with Gasteiger partial charge in [-0.3, -0.25) is 14.6 Å². The maximum Gasteiger partial charge on any atom is 0.238 e. The minimum atomic E-state index is 0.0260. The normalized spacial score (nSPS) is 15.1. The summed E-state index contributed by atoms with van der Waals surface area (Å²) in [6.07, 6.45) is 0. The topological polar surface area (TPSA) is 48.1 Å². The van der Waals surface area contributed by atoms with Crippen molar-refractivity contribution in [2.45, 2.75) is 0 Å². The lowest BCUT2D eigenvalue weighted by molar-refractivity contribution is -0.117. The van der Waals surface area contributed by atoms with Crippen molar-refractivity contribution in [1.29, 1.82) is 0 Å². The highest BCUT2D eigenvalue weighted by molar-refractivity contribution is 6.32. The van der Waals surface area contributed by atoms with Crippen LogP contribution in [0.15, 0.2) is 48.5 Å². The summed E-state index contributed by atoms with van der Waals surface area (Å²) in [4.78, 5) is 18.9. The monoisotopic (exact) mass is 416 g/mol. The molecule has 7 heteroatoms. The van der Waals surface area contributed by atoms with Crippen molar-refractivity contribution < 1.29 is 9.53 Å². The van der Waals surface area contributed by atoms with E-state index in [1.807, 2.05) is 67.5 Å². The molecule has 0 aliphatic carbocycles. The molecule has 1 heterocycles. The fourth-order valence-electron chi connectivity index (χ4n) is 3.26. The number of benzene rings is 2. The summed E-state index contributed by atoms with van der Waals surface area (Å²) in [5.74, 6) is 0.751. The number of ether oxygens (including phenoxy) is 1. The molecule has 1 amide bonds. The number of anilines is 2. The van der Waals surface area contributed by atoms with E-state index in [4.69, 9.17) is 16.3 Å². The number of hydrogen-bond donors (Lipinski definition) is 1. The number of hydrogen-bond acceptors (Lipinski definition) is 5. The second kappa shape index (κ2) is 10.5. The van der Waals surface area contributed by atoms with E-state index >= 15 is 0 Å². The number of nitrogens with one attached hydrogen (secondary N) is 1. The number of amides is 1. The summed E-state index contributed by atoms with van der Waals surface area (Å²) < 4.78 is 5.77. The minimum absolute atomic E-state index is 0.0260. The molecular weight excluding hydrogens is 388 g/mol. The molecule has 29 heavy (non-hydrogen) atoms. The van der Waals surface area contributed by atoms with Crippen LogP contribution in [-0.2, 0) is 4.79 Å². The van der Waals surface area contributed by atoms with Gasteiger partial charge in [0.1, 0.15) is 12.4 Å². The summed E-state index contributed by atoms with van der Waals surface area (Å²) >= 11 is 6.11. The van der Waals surface area contributed by atoms with Crippen molar-refractivity contribution >= 4 is 28.9 Å². The molecule has 0 unspecified atom stereocenters. The van der Waals surface area contributed by atoms with Crippen molar-refractivity contribution in [3.8, 4) is 5.75 Å². The number of para-hydroxylation sites is 1. The summed E-state index contributed by atoms with van der Waals surface area (Å²) in [6.45, 7) is 5.47. The van der Waals surface area contributed by atoms with Crippen molar-refractivity contribution in [1.82, 2.24) is 9.80 Å². The first kappa shape index (κ1) is 21.4. The molecule has 1 fully saturated rings. The second-order valence-corrected chi connectivity index (χ2v) is 7.79. The van der Waals surface area contributed by atoms with Crippen molar-refractivity contribution in [3.63, 3.8) is 0 Å². The Morgan fingerprint density at radius 2 is 1.69 bits per heavy atom. The van der Waals surface area contributed by atoms with Crippen LogP contribution in [0.3, 0.4) is 0 Å². The number of carbonyl (C=O) groups excluding carboxylic acids is 1. The standard InChI is InChI=1S/C22H29ClN4O2/c1-25(2)19-9-7-18(8-10-19)24-22(28)17-27-13-11-26(12-14-27)15-16-29-21-6-4-3-5-20(21)23/h3-10H,11-17H2,1-2H3,(H,24,28). The van der Waals surface area contributed by atoms with E-state index in [0.717, 1.165) is 49.8 Å². The SMILES string of the molecule is CN(C)c1ccc(NC(=O)CN2CCN(CCOc3ccccc3Cl)CC2)cc1. The van der Waals surface area contributed by atoms with E-state index in [9.17, 15) is 4.79 Å². The average molecular weight is 417 g/mol. The Morgan fingerprint density at radius 3 is 2.34 bits per heavy atom. The van der Waals surface area contributed by atoms with Crippen molar-refractivity contribution in [3.05, 3.63) is 53.6 Å². The molecule has 1 N–H and O–H groups in total. The van der Waals surface area contributed by atoms with Gasteiger partial charge in [-0.25, -0.2) is 0 Å². The highest BCUT2D eigenvalue weighted by Gasteiger charge is 2.19. The van der Waals surface area contributed by atoms with E-state index < -0.39 is 0 Å². The van der Waals surface area contributed by atoms with Gasteiger partial charge in [0.15, 0.2) is 0 Å². The predicted octanol–water partition coefficient (Wildman–Crippen LogP) is 3.04. The van der Waals surface area contributed by atoms with Gasteiger partial charge in [0.25, 0.3) is 0 Å². The molecule has 6 nitrogen and oxygen atoms in total. The molecule has 0 saturated carbocycles. The van der Waals surface area contributed by atoms with Crippen LogP contribution in [0.5, 0.6) is 5.75 Å². The van der Waals surface area contributed by atoms with Gasteiger partial charge in [0.2, 0.25) is 5.91 Å². The first-order valence-electron chi connectivity index (χ1n) is 9.90. The third-order valence-corrected chi connectivity index (χ3v) is 5.31. The van der Waals surface area contributed by atoms with Crippen LogP contribution in [0.2, 0.25) is 5.02 Å². The van der Waals surface area contributed by atoms with Gasteiger partial charge in [-0.15, -0.1) is 0 Å². The number of piperazine rings is 1. The van der Waals surface area contributed by atoms with E-state index in [0.29, 0.717) is 18.2 Å². The highest BCUT2D eigenvalue weighted by Crippen LogP contribution is 2.23. The zero-order chi connectivity index (χ0) is 20.6. The molecule has 0 bridgehead atoms. The lowest BCUT2D eigenvalue weighted by atomic mass is 10.2. The highest BCUT2D eigenvalue weighted by atomic mass is 35.5. The number of nitrogens with zero attached hydrogens (tertiary/aromatic N) is 3. The van der Waals surface area contributed by atoms with Crippen molar-refractivity contribution in [2.24, 2.45) is 0 Å². The molecular formula is C22H29ClN4O2. The number of halogens is 1. The van der Waals surface area contributed by atoms with E-state index in [1.165, 1.54) is 0 Å². The van der Waals surface area contributed by atoms with E-state index in [2.05, 4.69) is 15.1 Å². The van der Waals surface area contributed by atoms with Crippen LogP contribution in [0.1, 0.15) is 0 Å². The Kier molecular flexibility index (Phi) is 7.75. The average Bonchev–Trinajstić information content (AvgIpc) is 2.71. The molecule has 0 aromatic heterocycles. The summed E-state index contributed by atoms with van der Waals surface area (Å²) in [6, 6.07) is 15.4. The molecule has 3 rings (SSSR count). The van der Waals surface area contributed by atoms with E-state index in [-0.39, 0.29) is 5.91 Å². The zero-order valence-corrected chi connectivity index (χ0v) is 17.9. The Balaban J connectivity index is 1.35. The lowest BCUT2D eigenvalue weighted by Crippen LogP contribution is -2.49. The predicted molar refractivity (Wildman–Crippen MR) is 119 cm³/mol.